The molecule has 3 N–H and O–H groups in total. The van der Waals surface area contributed by atoms with Crippen LogP contribution in [0.3, 0.4) is 0 Å². The van der Waals surface area contributed by atoms with Crippen LogP contribution in [-0.2, 0) is 0 Å². The Kier molecular flexibility index (Phi) is 6.45. The molecule has 3 atom stereocenters. The first-order valence-electron chi connectivity index (χ1n) is 9.41. The lowest BCUT2D eigenvalue weighted by Crippen LogP contribution is -2.27. The molecule has 2 fully saturated rings. The van der Waals surface area contributed by atoms with Gasteiger partial charge < -0.3 is 15.3 Å². The average molecular weight is 385 g/mol. The predicted molar refractivity (Wildman–Crippen MR) is 101 cm³/mol. The predicted octanol–water partition coefficient (Wildman–Crippen LogP) is 2.96. The molecular weight excluding hydrogens is 361 g/mol. The van der Waals surface area contributed by atoms with Crippen molar-refractivity contribution >= 4 is 0 Å². The normalized spacial score (nSPS) is 22.0. The highest BCUT2D eigenvalue weighted by molar-refractivity contribution is 5.33. The summed E-state index contributed by atoms with van der Waals surface area (Å²) in [6.07, 6.45) is 3.12. The third kappa shape index (κ3) is 4.97. The lowest BCUT2D eigenvalue weighted by molar-refractivity contribution is 0.117. The fourth-order valence-corrected chi connectivity index (χ4v) is 3.98. The second-order valence-electron chi connectivity index (χ2n) is 7.39. The van der Waals surface area contributed by atoms with E-state index in [2.05, 4.69) is 9.88 Å². The van der Waals surface area contributed by atoms with Gasteiger partial charge in [0.15, 0.2) is 5.75 Å². The molecule has 3 unspecified atom stereocenters. The van der Waals surface area contributed by atoms with Gasteiger partial charge in [0, 0.05) is 19.6 Å². The van der Waals surface area contributed by atoms with E-state index >= 15 is 0 Å². The van der Waals surface area contributed by atoms with Crippen LogP contribution < -0.4 is 0 Å². The van der Waals surface area contributed by atoms with Gasteiger partial charge in [-0.25, -0.2) is 4.98 Å². The van der Waals surface area contributed by atoms with Gasteiger partial charge in [0.2, 0.25) is 0 Å². The first-order chi connectivity index (χ1) is 13.5. The lowest BCUT2D eigenvalue weighted by atomic mass is 10.0. The highest BCUT2D eigenvalue weighted by atomic mass is 19.1. The fraction of sp³-hybridized carbons (Fsp3) is 0.429. The number of rotatable bonds is 3. The van der Waals surface area contributed by atoms with Gasteiger partial charge in [-0.15, -0.1) is 0 Å². The Hall–Kier alpha value is -2.69. The molecular formula is C21H24FN3O3. The van der Waals surface area contributed by atoms with Crippen molar-refractivity contribution in [3.63, 3.8) is 0 Å². The molecule has 2 heterocycles. The van der Waals surface area contributed by atoms with Crippen molar-refractivity contribution in [2.24, 2.45) is 11.8 Å². The third-order valence-corrected chi connectivity index (χ3v) is 5.42. The van der Waals surface area contributed by atoms with E-state index in [4.69, 9.17) is 15.5 Å². The smallest absolute Gasteiger partial charge is 0.255 e. The zero-order valence-corrected chi connectivity index (χ0v) is 15.5. The van der Waals surface area contributed by atoms with Crippen LogP contribution in [0.15, 0.2) is 36.4 Å². The maximum absolute atomic E-state index is 13.2. The number of aliphatic hydroxyl groups is 1. The van der Waals surface area contributed by atoms with Crippen molar-refractivity contribution in [2.75, 3.05) is 19.6 Å². The van der Waals surface area contributed by atoms with Gasteiger partial charge in [0.05, 0.1) is 17.3 Å². The number of nitrogens with zero attached hydrogens (tertiary/aromatic N) is 3. The highest BCUT2D eigenvalue weighted by Gasteiger charge is 2.36. The minimum absolute atomic E-state index is 0.189. The number of hydrogen-bond donors (Lipinski definition) is 3. The summed E-state index contributed by atoms with van der Waals surface area (Å²) in [4.78, 5) is 5.84. The summed E-state index contributed by atoms with van der Waals surface area (Å²) in [6, 6.07) is 10.7. The largest absolute Gasteiger partial charge is 0.508 e. The number of nitriles is 1. The van der Waals surface area contributed by atoms with Gasteiger partial charge in [0.25, 0.3) is 5.95 Å². The van der Waals surface area contributed by atoms with E-state index in [1.807, 2.05) is 6.07 Å². The van der Waals surface area contributed by atoms with Crippen LogP contribution in [-0.4, -0.2) is 44.8 Å². The van der Waals surface area contributed by atoms with Gasteiger partial charge in [-0.2, -0.15) is 9.65 Å². The maximum Gasteiger partial charge on any atom is 0.255 e. The molecule has 1 aromatic carbocycles. The van der Waals surface area contributed by atoms with Crippen LogP contribution in [0, 0.1) is 29.1 Å². The Morgan fingerprint density at radius 3 is 2.32 bits per heavy atom. The van der Waals surface area contributed by atoms with Crippen LogP contribution in [0.25, 0.3) is 0 Å². The van der Waals surface area contributed by atoms with Crippen LogP contribution in [0.2, 0.25) is 0 Å². The molecule has 0 amide bonds. The molecule has 1 saturated carbocycles. The van der Waals surface area contributed by atoms with Crippen LogP contribution >= 0.6 is 0 Å². The minimum atomic E-state index is -0.921. The Balaban J connectivity index is 0.000000211. The highest BCUT2D eigenvalue weighted by Crippen LogP contribution is 2.38. The molecule has 148 valence electrons. The molecule has 4 rings (SSSR count). The molecule has 1 aliphatic carbocycles. The molecule has 28 heavy (non-hydrogen) atoms. The van der Waals surface area contributed by atoms with E-state index in [0.29, 0.717) is 12.1 Å². The zero-order valence-electron chi connectivity index (χ0n) is 15.5. The summed E-state index contributed by atoms with van der Waals surface area (Å²) >= 11 is 0. The minimum Gasteiger partial charge on any atom is -0.508 e. The number of aromatic nitrogens is 1. The molecule has 2 aromatic rings. The number of fused-ring (bicyclic) bond motifs is 1. The van der Waals surface area contributed by atoms with Crippen molar-refractivity contribution in [3.05, 3.63) is 53.6 Å². The molecule has 1 aromatic heterocycles. The van der Waals surface area contributed by atoms with Crippen LogP contribution in [0.5, 0.6) is 11.5 Å². The molecule has 2 aliphatic rings. The van der Waals surface area contributed by atoms with Crippen molar-refractivity contribution in [3.8, 4) is 17.6 Å². The van der Waals surface area contributed by atoms with Gasteiger partial charge in [-0.3, -0.25) is 4.90 Å². The van der Waals surface area contributed by atoms with E-state index in [1.165, 1.54) is 43.5 Å². The Labute approximate surface area is 163 Å². The number of phenols is 1. The SMILES string of the molecule is N#Cc1ccc(O)cc1.Oc1ccc(C(O)CN2CC3CCCC3C2)nc1F. The number of β-amino-alcohol motifs (C(OH)–C–C–N with tert-alkyl or cyclic N) is 1. The Morgan fingerprint density at radius 1 is 1.11 bits per heavy atom. The first kappa shape index (κ1) is 20.1. The number of likely N-dealkylation sites (tertiary alicyclic amines) is 1. The van der Waals surface area contributed by atoms with Crippen LogP contribution in [0.1, 0.15) is 36.6 Å². The number of phenolic OH excluding ortho intramolecular Hbond substituents is 1. The van der Waals surface area contributed by atoms with Gasteiger partial charge >= 0.3 is 0 Å². The van der Waals surface area contributed by atoms with Crippen LogP contribution in [0.4, 0.5) is 4.39 Å². The van der Waals surface area contributed by atoms with E-state index in [9.17, 15) is 9.50 Å². The maximum atomic E-state index is 13.2. The Morgan fingerprint density at radius 2 is 1.75 bits per heavy atom. The van der Waals surface area contributed by atoms with Gasteiger partial charge in [-0.1, -0.05) is 6.42 Å². The second kappa shape index (κ2) is 9.00. The summed E-state index contributed by atoms with van der Waals surface area (Å²) in [6.45, 7) is 2.55. The summed E-state index contributed by atoms with van der Waals surface area (Å²) in [7, 11) is 0. The molecule has 7 heteroatoms. The number of halogens is 1. The lowest BCUT2D eigenvalue weighted by Gasteiger charge is -2.20. The number of benzene rings is 1. The molecule has 1 saturated heterocycles. The van der Waals surface area contributed by atoms with Crippen molar-refractivity contribution in [2.45, 2.75) is 25.4 Å². The number of pyridine rings is 1. The summed E-state index contributed by atoms with van der Waals surface area (Å²) in [5.41, 5.74) is 0.847. The topological polar surface area (TPSA) is 101 Å². The number of aromatic hydroxyl groups is 2. The van der Waals surface area contributed by atoms with E-state index in [0.717, 1.165) is 24.9 Å². The third-order valence-electron chi connectivity index (χ3n) is 5.42. The Bertz CT molecular complexity index is 826. The van der Waals surface area contributed by atoms with Gasteiger partial charge in [-0.05, 0) is 61.1 Å². The van der Waals surface area contributed by atoms with Gasteiger partial charge in [0.1, 0.15) is 11.9 Å². The average Bonchev–Trinajstić information content (AvgIpc) is 3.27. The second-order valence-corrected chi connectivity index (χ2v) is 7.39. The van der Waals surface area contributed by atoms with E-state index < -0.39 is 17.8 Å². The van der Waals surface area contributed by atoms with Crippen molar-refractivity contribution in [1.29, 1.82) is 5.26 Å². The van der Waals surface area contributed by atoms with E-state index in [1.54, 1.807) is 12.1 Å². The standard InChI is InChI=1S/C14H19FN2O2.C7H5NO/c15-14-12(18)5-4-11(16-14)13(19)8-17-6-9-2-1-3-10(9)7-17;8-5-6-1-3-7(9)4-2-6/h4-5,9-10,13,18-19H,1-3,6-8H2;1-4,9H. The van der Waals surface area contributed by atoms with Crippen molar-refractivity contribution < 1.29 is 19.7 Å². The molecule has 0 radical (unpaired) electrons. The van der Waals surface area contributed by atoms with E-state index in [-0.39, 0.29) is 11.4 Å². The summed E-state index contributed by atoms with van der Waals surface area (Å²) in [5, 5.41) is 36.2. The molecule has 1 aliphatic heterocycles. The molecule has 6 nitrogen and oxygen atoms in total. The monoisotopic (exact) mass is 385 g/mol. The summed E-state index contributed by atoms with van der Waals surface area (Å²) in [5.74, 6) is 0.337. The molecule has 0 spiro atoms. The fourth-order valence-electron chi connectivity index (χ4n) is 3.98. The quantitative estimate of drug-likeness (QED) is 0.703. The first-order valence-corrected chi connectivity index (χ1v) is 9.41. The number of aliphatic hydroxyl groups excluding tert-OH is 1. The molecule has 0 bridgehead atoms. The van der Waals surface area contributed by atoms with Crippen molar-refractivity contribution in [1.82, 2.24) is 9.88 Å². The zero-order chi connectivity index (χ0) is 20.1. The number of hydrogen-bond acceptors (Lipinski definition) is 6. The summed E-state index contributed by atoms with van der Waals surface area (Å²) < 4.78 is 13.2.